The van der Waals surface area contributed by atoms with Gasteiger partial charge in [-0.15, -0.1) is 0 Å². The summed E-state index contributed by atoms with van der Waals surface area (Å²) in [5.74, 6) is 2.12. The molecule has 4 nitrogen and oxygen atoms in total. The summed E-state index contributed by atoms with van der Waals surface area (Å²) in [5.41, 5.74) is 2.25. The number of hydrogen-bond donors (Lipinski definition) is 1. The summed E-state index contributed by atoms with van der Waals surface area (Å²) < 4.78 is 0. The molecule has 0 amide bonds. The highest BCUT2D eigenvalue weighted by Crippen LogP contribution is 2.28. The Morgan fingerprint density at radius 1 is 1.00 bits per heavy atom. The Kier molecular flexibility index (Phi) is 5.25. The highest BCUT2D eigenvalue weighted by atomic mass is 35.5. The lowest BCUT2D eigenvalue weighted by Crippen LogP contribution is -2.32. The van der Waals surface area contributed by atoms with Crippen LogP contribution in [0.15, 0.2) is 48.5 Å². The molecular formula is C20H20Cl2N4. The van der Waals surface area contributed by atoms with E-state index in [-0.39, 0.29) is 0 Å². The van der Waals surface area contributed by atoms with Gasteiger partial charge in [-0.3, -0.25) is 10.00 Å². The fraction of sp³-hybridized carbons (Fsp3) is 0.300. The van der Waals surface area contributed by atoms with Crippen LogP contribution in [0.5, 0.6) is 0 Å². The minimum Gasteiger partial charge on any atom is -0.299 e. The first-order chi connectivity index (χ1) is 12.7. The summed E-state index contributed by atoms with van der Waals surface area (Å²) in [6.45, 7) is 3.08. The molecule has 0 bridgehead atoms. The number of hydrogen-bond acceptors (Lipinski definition) is 3. The Balaban J connectivity index is 1.37. The Bertz CT molecular complexity index is 868. The highest BCUT2D eigenvalue weighted by molar-refractivity contribution is 6.31. The number of H-pyrrole nitrogens is 1. The Hall–Kier alpha value is -1.88. The van der Waals surface area contributed by atoms with Crippen LogP contribution in [0.2, 0.25) is 10.0 Å². The molecule has 134 valence electrons. The standard InChI is InChI=1S/C20H20Cl2N4/c21-17-6-4-14(5-7-17)13-26-10-8-15(9-11-26)19-23-20(25-24-19)16-2-1-3-18(22)12-16/h1-7,12,15H,8-11,13H2,(H,23,24,25). The summed E-state index contributed by atoms with van der Waals surface area (Å²) in [6, 6.07) is 15.8. The molecule has 1 aromatic heterocycles. The Morgan fingerprint density at radius 2 is 1.77 bits per heavy atom. The molecule has 1 fully saturated rings. The number of piperidine rings is 1. The van der Waals surface area contributed by atoms with Crippen molar-refractivity contribution < 1.29 is 0 Å². The number of nitrogens with zero attached hydrogens (tertiary/aromatic N) is 3. The molecule has 2 aromatic carbocycles. The van der Waals surface area contributed by atoms with Crippen molar-refractivity contribution in [1.29, 1.82) is 0 Å². The van der Waals surface area contributed by atoms with Crippen molar-refractivity contribution in [1.82, 2.24) is 20.1 Å². The van der Waals surface area contributed by atoms with Gasteiger partial charge in [-0.25, -0.2) is 4.98 Å². The number of nitrogens with one attached hydrogen (secondary N) is 1. The average molecular weight is 387 g/mol. The predicted molar refractivity (Wildman–Crippen MR) is 106 cm³/mol. The molecule has 4 rings (SSSR count). The van der Waals surface area contributed by atoms with Gasteiger partial charge in [-0.05, 0) is 55.8 Å². The zero-order valence-electron chi connectivity index (χ0n) is 14.3. The summed E-state index contributed by atoms with van der Waals surface area (Å²) >= 11 is 12.0. The minimum atomic E-state index is 0.428. The molecule has 0 spiro atoms. The third-order valence-corrected chi connectivity index (χ3v) is 5.37. The molecule has 1 aliphatic rings. The molecule has 2 heterocycles. The zero-order valence-corrected chi connectivity index (χ0v) is 15.8. The molecule has 1 aliphatic heterocycles. The lowest BCUT2D eigenvalue weighted by molar-refractivity contribution is 0.202. The average Bonchev–Trinajstić information content (AvgIpc) is 3.14. The lowest BCUT2D eigenvalue weighted by Gasteiger charge is -2.30. The third-order valence-electron chi connectivity index (χ3n) is 4.88. The van der Waals surface area contributed by atoms with Crippen LogP contribution in [0.3, 0.4) is 0 Å². The summed E-state index contributed by atoms with van der Waals surface area (Å²) in [7, 11) is 0. The minimum absolute atomic E-state index is 0.428. The van der Waals surface area contributed by atoms with Crippen molar-refractivity contribution >= 4 is 23.2 Å². The van der Waals surface area contributed by atoms with Crippen LogP contribution in [0.1, 0.15) is 30.1 Å². The number of halogens is 2. The first kappa shape index (κ1) is 17.5. The van der Waals surface area contributed by atoms with Gasteiger partial charge >= 0.3 is 0 Å². The summed E-state index contributed by atoms with van der Waals surface area (Å²) in [4.78, 5) is 7.19. The van der Waals surface area contributed by atoms with Crippen LogP contribution >= 0.6 is 23.2 Å². The van der Waals surface area contributed by atoms with Crippen molar-refractivity contribution in [2.45, 2.75) is 25.3 Å². The molecule has 0 atom stereocenters. The maximum Gasteiger partial charge on any atom is 0.181 e. The van der Waals surface area contributed by atoms with Crippen LogP contribution in [0, 0.1) is 0 Å². The van der Waals surface area contributed by atoms with E-state index in [1.807, 2.05) is 36.4 Å². The lowest BCUT2D eigenvalue weighted by atomic mass is 9.96. The van der Waals surface area contributed by atoms with E-state index in [4.69, 9.17) is 28.2 Å². The third kappa shape index (κ3) is 4.09. The number of rotatable bonds is 4. The maximum absolute atomic E-state index is 6.06. The Morgan fingerprint density at radius 3 is 2.50 bits per heavy atom. The van der Waals surface area contributed by atoms with Gasteiger partial charge in [0, 0.05) is 28.1 Å². The first-order valence-corrected chi connectivity index (χ1v) is 9.58. The van der Waals surface area contributed by atoms with Gasteiger partial charge in [-0.2, -0.15) is 5.10 Å². The quantitative estimate of drug-likeness (QED) is 0.673. The molecule has 0 saturated carbocycles. The largest absolute Gasteiger partial charge is 0.299 e. The van der Waals surface area contributed by atoms with Crippen molar-refractivity contribution in [2.75, 3.05) is 13.1 Å². The van der Waals surface area contributed by atoms with E-state index >= 15 is 0 Å². The fourth-order valence-corrected chi connectivity index (χ4v) is 3.74. The Labute approximate surface area is 163 Å². The predicted octanol–water partition coefficient (Wildman–Crippen LogP) is 5.16. The van der Waals surface area contributed by atoms with E-state index in [1.54, 1.807) is 0 Å². The van der Waals surface area contributed by atoms with E-state index in [2.05, 4.69) is 27.2 Å². The van der Waals surface area contributed by atoms with E-state index in [9.17, 15) is 0 Å². The number of benzene rings is 2. The van der Waals surface area contributed by atoms with Gasteiger partial charge in [0.25, 0.3) is 0 Å². The number of aromatic amines is 1. The van der Waals surface area contributed by atoms with Crippen LogP contribution < -0.4 is 0 Å². The second-order valence-corrected chi connectivity index (χ2v) is 7.60. The first-order valence-electron chi connectivity index (χ1n) is 8.82. The van der Waals surface area contributed by atoms with Crippen molar-refractivity contribution in [3.8, 4) is 11.4 Å². The molecule has 0 aliphatic carbocycles. The maximum atomic E-state index is 6.06. The van der Waals surface area contributed by atoms with Gasteiger partial charge in [0.15, 0.2) is 5.82 Å². The van der Waals surface area contributed by atoms with Crippen LogP contribution in [0.25, 0.3) is 11.4 Å². The number of likely N-dealkylation sites (tertiary alicyclic amines) is 1. The molecule has 26 heavy (non-hydrogen) atoms. The summed E-state index contributed by atoms with van der Waals surface area (Å²) in [5, 5.41) is 8.99. The van der Waals surface area contributed by atoms with Gasteiger partial charge in [0.1, 0.15) is 5.82 Å². The van der Waals surface area contributed by atoms with E-state index in [1.165, 1.54) is 5.56 Å². The normalized spacial score (nSPS) is 16.1. The van der Waals surface area contributed by atoms with Crippen molar-refractivity contribution in [3.63, 3.8) is 0 Å². The highest BCUT2D eigenvalue weighted by Gasteiger charge is 2.23. The monoisotopic (exact) mass is 386 g/mol. The smallest absolute Gasteiger partial charge is 0.181 e. The SMILES string of the molecule is Clc1ccc(CN2CCC(c3nc(-c4cccc(Cl)c4)n[nH]3)CC2)cc1. The summed E-state index contributed by atoms with van der Waals surface area (Å²) in [6.07, 6.45) is 2.16. The van der Waals surface area contributed by atoms with E-state index in [0.29, 0.717) is 16.8 Å². The van der Waals surface area contributed by atoms with Gasteiger partial charge in [0.05, 0.1) is 0 Å². The van der Waals surface area contributed by atoms with Crippen molar-refractivity contribution in [3.05, 3.63) is 70.0 Å². The van der Waals surface area contributed by atoms with E-state index in [0.717, 1.165) is 48.9 Å². The topological polar surface area (TPSA) is 44.8 Å². The van der Waals surface area contributed by atoms with Crippen LogP contribution in [-0.2, 0) is 6.54 Å². The van der Waals surface area contributed by atoms with Gasteiger partial charge < -0.3 is 0 Å². The van der Waals surface area contributed by atoms with Crippen LogP contribution in [-0.4, -0.2) is 33.2 Å². The molecule has 6 heteroatoms. The molecule has 0 radical (unpaired) electrons. The fourth-order valence-electron chi connectivity index (χ4n) is 3.43. The van der Waals surface area contributed by atoms with Crippen LogP contribution in [0.4, 0.5) is 0 Å². The van der Waals surface area contributed by atoms with E-state index < -0.39 is 0 Å². The molecule has 3 aromatic rings. The zero-order chi connectivity index (χ0) is 17.9. The number of aromatic nitrogens is 3. The molecule has 1 saturated heterocycles. The molecule has 1 N–H and O–H groups in total. The molecule has 0 unspecified atom stereocenters. The van der Waals surface area contributed by atoms with Gasteiger partial charge in [0.2, 0.25) is 0 Å². The van der Waals surface area contributed by atoms with Crippen molar-refractivity contribution in [2.24, 2.45) is 0 Å². The molecular weight excluding hydrogens is 367 g/mol. The second kappa shape index (κ2) is 7.78. The van der Waals surface area contributed by atoms with Gasteiger partial charge in [-0.1, -0.05) is 47.5 Å². The second-order valence-electron chi connectivity index (χ2n) is 6.73.